The molecule has 0 aliphatic rings. The largest absolute Gasteiger partial charge is 0.488 e. The molecule has 0 spiro atoms. The van der Waals surface area contributed by atoms with E-state index in [4.69, 9.17) is 4.74 Å². The topological polar surface area (TPSA) is 52.4 Å². The number of nitro benzene ring substituents is 1. The first-order valence-electron chi connectivity index (χ1n) is 4.78. The molecule has 1 aromatic rings. The Hall–Kier alpha value is -1.36. The van der Waals surface area contributed by atoms with Crippen molar-refractivity contribution in [3.8, 4) is 5.75 Å². The molecular weight excluding hydrogens is 274 g/mol. The van der Waals surface area contributed by atoms with Crippen LogP contribution in [0.1, 0.15) is 13.3 Å². The van der Waals surface area contributed by atoms with Gasteiger partial charge in [-0.3, -0.25) is 10.1 Å². The van der Waals surface area contributed by atoms with E-state index in [-0.39, 0.29) is 5.69 Å². The van der Waals surface area contributed by atoms with E-state index >= 15 is 0 Å². The summed E-state index contributed by atoms with van der Waals surface area (Å²) in [5.41, 5.74) is 0.957. The lowest BCUT2D eigenvalue weighted by Gasteiger charge is -2.08. The molecule has 0 fully saturated rings. The van der Waals surface area contributed by atoms with Crippen molar-refractivity contribution in [2.75, 3.05) is 6.61 Å². The van der Waals surface area contributed by atoms with Gasteiger partial charge in [0.25, 0.3) is 5.69 Å². The van der Waals surface area contributed by atoms with Crippen molar-refractivity contribution in [2.24, 2.45) is 0 Å². The molecule has 0 unspecified atom stereocenters. The van der Waals surface area contributed by atoms with Crippen molar-refractivity contribution in [2.45, 2.75) is 13.3 Å². The van der Waals surface area contributed by atoms with Gasteiger partial charge in [-0.1, -0.05) is 13.5 Å². The van der Waals surface area contributed by atoms with E-state index in [9.17, 15) is 10.1 Å². The van der Waals surface area contributed by atoms with E-state index < -0.39 is 4.92 Å². The van der Waals surface area contributed by atoms with Crippen LogP contribution >= 0.6 is 15.9 Å². The molecule has 0 amide bonds. The van der Waals surface area contributed by atoms with Crippen molar-refractivity contribution < 1.29 is 9.66 Å². The lowest BCUT2D eigenvalue weighted by Crippen LogP contribution is -2.00. The number of hydrogen-bond acceptors (Lipinski definition) is 3. The van der Waals surface area contributed by atoms with E-state index in [1.54, 1.807) is 6.07 Å². The molecule has 4 nitrogen and oxygen atoms in total. The fourth-order valence-electron chi connectivity index (χ4n) is 0.998. The summed E-state index contributed by atoms with van der Waals surface area (Å²) in [4.78, 5) is 10.1. The summed E-state index contributed by atoms with van der Waals surface area (Å²) in [5.74, 6) is 0.462. The maximum atomic E-state index is 10.6. The summed E-state index contributed by atoms with van der Waals surface area (Å²) in [5, 5.41) is 10.6. The highest BCUT2D eigenvalue weighted by Gasteiger charge is 2.10. The Morgan fingerprint density at radius 1 is 1.62 bits per heavy atom. The fourth-order valence-corrected chi connectivity index (χ4v) is 1.36. The summed E-state index contributed by atoms with van der Waals surface area (Å²) >= 11 is 3.27. The molecule has 1 aromatic carbocycles. The van der Waals surface area contributed by atoms with Gasteiger partial charge in [0, 0.05) is 6.07 Å². The van der Waals surface area contributed by atoms with Gasteiger partial charge in [-0.25, -0.2) is 0 Å². The lowest BCUT2D eigenvalue weighted by molar-refractivity contribution is -0.384. The quantitative estimate of drug-likeness (QED) is 0.471. The molecule has 0 aliphatic carbocycles. The Labute approximate surface area is 102 Å². The van der Waals surface area contributed by atoms with Crippen molar-refractivity contribution in [1.29, 1.82) is 0 Å². The van der Waals surface area contributed by atoms with Crippen LogP contribution in [0.4, 0.5) is 5.69 Å². The van der Waals surface area contributed by atoms with Gasteiger partial charge in [0.2, 0.25) is 0 Å². The summed E-state index contributed by atoms with van der Waals surface area (Å²) in [6.07, 6.45) is 0.826. The van der Waals surface area contributed by atoms with Crippen LogP contribution in [0, 0.1) is 10.1 Å². The lowest BCUT2D eigenvalue weighted by atomic mass is 10.2. The van der Waals surface area contributed by atoms with Gasteiger partial charge in [0.1, 0.15) is 12.4 Å². The van der Waals surface area contributed by atoms with Crippen molar-refractivity contribution >= 4 is 21.6 Å². The summed E-state index contributed by atoms with van der Waals surface area (Å²) < 4.78 is 6.13. The third-order valence-electron chi connectivity index (χ3n) is 2.06. The summed E-state index contributed by atoms with van der Waals surface area (Å²) in [7, 11) is 0. The minimum atomic E-state index is -0.450. The third-order valence-corrected chi connectivity index (χ3v) is 2.71. The van der Waals surface area contributed by atoms with E-state index in [0.717, 1.165) is 12.0 Å². The minimum Gasteiger partial charge on any atom is -0.488 e. The third kappa shape index (κ3) is 3.34. The van der Waals surface area contributed by atoms with Crippen LogP contribution in [0.5, 0.6) is 5.75 Å². The molecule has 5 heteroatoms. The van der Waals surface area contributed by atoms with Crippen molar-refractivity contribution in [3.63, 3.8) is 0 Å². The monoisotopic (exact) mass is 285 g/mol. The second kappa shape index (κ2) is 5.65. The Morgan fingerprint density at radius 3 is 2.88 bits per heavy atom. The maximum Gasteiger partial charge on any atom is 0.273 e. The molecule has 0 bridgehead atoms. The molecule has 0 N–H and O–H groups in total. The molecule has 0 heterocycles. The number of nitro groups is 1. The smallest absolute Gasteiger partial charge is 0.273 e. The predicted octanol–water partition coefficient (Wildman–Crippen LogP) is 3.70. The van der Waals surface area contributed by atoms with Crippen molar-refractivity contribution in [1.82, 2.24) is 0 Å². The molecule has 0 aromatic heterocycles. The molecular formula is C11H12BrNO3. The number of ether oxygens (including phenoxy) is 1. The summed E-state index contributed by atoms with van der Waals surface area (Å²) in [6, 6.07) is 4.42. The van der Waals surface area contributed by atoms with Gasteiger partial charge in [0.05, 0.1) is 15.5 Å². The second-order valence-corrected chi connectivity index (χ2v) is 4.12. The fraction of sp³-hybridized carbons (Fsp3) is 0.273. The molecule has 0 saturated heterocycles. The number of halogens is 1. The van der Waals surface area contributed by atoms with Gasteiger partial charge in [-0.05, 0) is 34.0 Å². The van der Waals surface area contributed by atoms with Crippen LogP contribution in [0.2, 0.25) is 0 Å². The van der Waals surface area contributed by atoms with Crippen LogP contribution in [-0.4, -0.2) is 11.5 Å². The zero-order chi connectivity index (χ0) is 12.1. The van der Waals surface area contributed by atoms with E-state index in [2.05, 4.69) is 22.5 Å². The van der Waals surface area contributed by atoms with Crippen LogP contribution in [0.3, 0.4) is 0 Å². The molecule has 0 saturated carbocycles. The molecule has 0 atom stereocenters. The molecule has 0 radical (unpaired) electrons. The number of benzene rings is 1. The standard InChI is InChI=1S/C11H12BrNO3/c1-3-8(2)7-16-11-6-9(13(14)15)4-5-10(11)12/h4-6H,2-3,7H2,1H3. The van der Waals surface area contributed by atoms with Gasteiger partial charge in [-0.2, -0.15) is 0 Å². The van der Waals surface area contributed by atoms with Gasteiger partial charge < -0.3 is 4.74 Å². The zero-order valence-electron chi connectivity index (χ0n) is 8.90. The first-order chi connectivity index (χ1) is 7.54. The average Bonchev–Trinajstić information content (AvgIpc) is 2.27. The predicted molar refractivity (Wildman–Crippen MR) is 65.7 cm³/mol. The first-order valence-corrected chi connectivity index (χ1v) is 5.57. The highest BCUT2D eigenvalue weighted by atomic mass is 79.9. The van der Waals surface area contributed by atoms with Crippen LogP contribution in [0.15, 0.2) is 34.8 Å². The van der Waals surface area contributed by atoms with E-state index in [0.29, 0.717) is 16.8 Å². The van der Waals surface area contributed by atoms with E-state index in [1.165, 1.54) is 12.1 Å². The number of nitrogens with zero attached hydrogens (tertiary/aromatic N) is 1. The van der Waals surface area contributed by atoms with Gasteiger partial charge in [-0.15, -0.1) is 0 Å². The first kappa shape index (κ1) is 12.7. The average molecular weight is 286 g/mol. The Kier molecular flexibility index (Phi) is 4.49. The second-order valence-electron chi connectivity index (χ2n) is 3.26. The molecule has 0 aliphatic heterocycles. The number of hydrogen-bond donors (Lipinski definition) is 0. The minimum absolute atomic E-state index is 0.0142. The molecule has 86 valence electrons. The Bertz CT molecular complexity index is 418. The van der Waals surface area contributed by atoms with Gasteiger partial charge >= 0.3 is 0 Å². The highest BCUT2D eigenvalue weighted by Crippen LogP contribution is 2.29. The normalized spacial score (nSPS) is 9.88. The summed E-state index contributed by atoms with van der Waals surface area (Å²) in [6.45, 7) is 6.15. The number of non-ortho nitro benzene ring substituents is 1. The number of rotatable bonds is 5. The van der Waals surface area contributed by atoms with E-state index in [1.807, 2.05) is 6.92 Å². The van der Waals surface area contributed by atoms with Crippen LogP contribution in [-0.2, 0) is 0 Å². The van der Waals surface area contributed by atoms with Crippen molar-refractivity contribution in [3.05, 3.63) is 44.9 Å². The Morgan fingerprint density at radius 2 is 2.31 bits per heavy atom. The van der Waals surface area contributed by atoms with Gasteiger partial charge in [0.15, 0.2) is 0 Å². The van der Waals surface area contributed by atoms with Crippen LogP contribution in [0.25, 0.3) is 0 Å². The highest BCUT2D eigenvalue weighted by molar-refractivity contribution is 9.10. The molecule has 1 rings (SSSR count). The SMILES string of the molecule is C=C(CC)COc1cc([N+](=O)[O-])ccc1Br. The zero-order valence-corrected chi connectivity index (χ0v) is 10.5. The van der Waals surface area contributed by atoms with Crippen LogP contribution < -0.4 is 4.74 Å². The molecule has 16 heavy (non-hydrogen) atoms. The Balaban J connectivity index is 2.82. The maximum absolute atomic E-state index is 10.6.